The summed E-state index contributed by atoms with van der Waals surface area (Å²) in [6, 6.07) is 0. The SMILES string of the molecule is CCCCN(C)CCCCC(C)(NCC)C(=O)O. The molecule has 4 nitrogen and oxygen atoms in total. The summed E-state index contributed by atoms with van der Waals surface area (Å²) in [4.78, 5) is 13.5. The smallest absolute Gasteiger partial charge is 0.323 e. The Bertz CT molecular complexity index is 234. The Morgan fingerprint density at radius 2 is 1.83 bits per heavy atom. The average Bonchev–Trinajstić information content (AvgIpc) is 2.32. The van der Waals surface area contributed by atoms with Crippen molar-refractivity contribution in [2.24, 2.45) is 0 Å². The molecule has 1 unspecified atom stereocenters. The van der Waals surface area contributed by atoms with E-state index in [0.717, 1.165) is 25.9 Å². The van der Waals surface area contributed by atoms with E-state index in [1.54, 1.807) is 6.92 Å². The van der Waals surface area contributed by atoms with Gasteiger partial charge in [-0.2, -0.15) is 0 Å². The van der Waals surface area contributed by atoms with Crippen LogP contribution in [0.2, 0.25) is 0 Å². The fourth-order valence-electron chi connectivity index (χ4n) is 2.06. The lowest BCUT2D eigenvalue weighted by Gasteiger charge is -2.26. The minimum absolute atomic E-state index is 0.692. The Labute approximate surface area is 112 Å². The number of likely N-dealkylation sites (N-methyl/N-ethyl adjacent to an activating group) is 1. The van der Waals surface area contributed by atoms with Crippen LogP contribution in [0.4, 0.5) is 0 Å². The van der Waals surface area contributed by atoms with Gasteiger partial charge in [0.25, 0.3) is 0 Å². The normalized spacial score (nSPS) is 14.7. The molecule has 0 saturated heterocycles. The Morgan fingerprint density at radius 3 is 2.33 bits per heavy atom. The lowest BCUT2D eigenvalue weighted by Crippen LogP contribution is -2.49. The predicted octanol–water partition coefficient (Wildman–Crippen LogP) is 2.34. The highest BCUT2D eigenvalue weighted by molar-refractivity contribution is 5.78. The third kappa shape index (κ3) is 6.97. The van der Waals surface area contributed by atoms with Gasteiger partial charge in [-0.15, -0.1) is 0 Å². The quantitative estimate of drug-likeness (QED) is 0.559. The molecule has 0 aliphatic rings. The molecule has 0 fully saturated rings. The predicted molar refractivity (Wildman–Crippen MR) is 76.0 cm³/mol. The van der Waals surface area contributed by atoms with Crippen molar-refractivity contribution in [3.05, 3.63) is 0 Å². The van der Waals surface area contributed by atoms with Gasteiger partial charge in [-0.1, -0.05) is 20.3 Å². The van der Waals surface area contributed by atoms with Crippen molar-refractivity contribution in [3.63, 3.8) is 0 Å². The fraction of sp³-hybridized carbons (Fsp3) is 0.929. The molecule has 4 heteroatoms. The lowest BCUT2D eigenvalue weighted by molar-refractivity contribution is -0.144. The molecule has 0 radical (unpaired) electrons. The van der Waals surface area contributed by atoms with E-state index in [2.05, 4.69) is 24.2 Å². The first kappa shape index (κ1) is 17.4. The van der Waals surface area contributed by atoms with Crippen molar-refractivity contribution < 1.29 is 9.90 Å². The van der Waals surface area contributed by atoms with Crippen molar-refractivity contribution in [1.29, 1.82) is 0 Å². The first-order chi connectivity index (χ1) is 8.46. The number of nitrogens with one attached hydrogen (secondary N) is 1. The van der Waals surface area contributed by atoms with Crippen LogP contribution in [0.5, 0.6) is 0 Å². The average molecular weight is 258 g/mol. The first-order valence-corrected chi connectivity index (χ1v) is 7.13. The van der Waals surface area contributed by atoms with Gasteiger partial charge in [-0.05, 0) is 59.3 Å². The minimum atomic E-state index is -0.767. The second kappa shape index (κ2) is 9.34. The summed E-state index contributed by atoms with van der Waals surface area (Å²) in [5, 5.41) is 12.3. The second-order valence-corrected chi connectivity index (χ2v) is 5.28. The lowest BCUT2D eigenvalue weighted by atomic mass is 9.95. The number of unbranched alkanes of at least 4 members (excludes halogenated alkanes) is 2. The van der Waals surface area contributed by atoms with Gasteiger partial charge >= 0.3 is 5.97 Å². The first-order valence-electron chi connectivity index (χ1n) is 7.13. The summed E-state index contributed by atoms with van der Waals surface area (Å²) in [7, 11) is 2.14. The van der Waals surface area contributed by atoms with Crippen LogP contribution in [0.15, 0.2) is 0 Å². The second-order valence-electron chi connectivity index (χ2n) is 5.28. The maximum absolute atomic E-state index is 11.2. The van der Waals surface area contributed by atoms with Crippen LogP contribution in [0, 0.1) is 0 Å². The Hall–Kier alpha value is -0.610. The fourth-order valence-corrected chi connectivity index (χ4v) is 2.06. The topological polar surface area (TPSA) is 52.6 Å². The van der Waals surface area contributed by atoms with Gasteiger partial charge in [-0.25, -0.2) is 0 Å². The standard InChI is InChI=1S/C14H30N2O2/c1-5-7-11-16(4)12-9-8-10-14(3,13(17)18)15-6-2/h15H,5-12H2,1-4H3,(H,17,18). The van der Waals surface area contributed by atoms with E-state index < -0.39 is 11.5 Å². The molecule has 0 bridgehead atoms. The van der Waals surface area contributed by atoms with Crippen LogP contribution in [-0.2, 0) is 4.79 Å². The number of nitrogens with zero attached hydrogens (tertiary/aromatic N) is 1. The zero-order chi connectivity index (χ0) is 14.0. The third-order valence-corrected chi connectivity index (χ3v) is 3.40. The largest absolute Gasteiger partial charge is 0.480 e. The number of carboxylic acid groups (broad SMARTS) is 1. The van der Waals surface area contributed by atoms with Gasteiger partial charge in [0.1, 0.15) is 5.54 Å². The number of carboxylic acids is 1. The molecule has 0 spiro atoms. The summed E-state index contributed by atoms with van der Waals surface area (Å²) >= 11 is 0. The molecular formula is C14H30N2O2. The summed E-state index contributed by atoms with van der Waals surface area (Å²) in [6.07, 6.45) is 5.17. The summed E-state index contributed by atoms with van der Waals surface area (Å²) in [6.45, 7) is 8.81. The molecule has 1 atom stereocenters. The molecule has 0 rings (SSSR count). The molecule has 0 amide bonds. The molecule has 2 N–H and O–H groups in total. The molecule has 0 aliphatic carbocycles. The van der Waals surface area contributed by atoms with Crippen molar-refractivity contribution in [1.82, 2.24) is 10.2 Å². The van der Waals surface area contributed by atoms with E-state index >= 15 is 0 Å². The van der Waals surface area contributed by atoms with Gasteiger partial charge in [0.05, 0.1) is 0 Å². The van der Waals surface area contributed by atoms with E-state index in [0.29, 0.717) is 13.0 Å². The molecule has 0 saturated carbocycles. The van der Waals surface area contributed by atoms with Crippen molar-refractivity contribution >= 4 is 5.97 Å². The molecule has 0 aromatic heterocycles. The minimum Gasteiger partial charge on any atom is -0.480 e. The van der Waals surface area contributed by atoms with Crippen molar-refractivity contribution in [2.45, 2.75) is 58.4 Å². The van der Waals surface area contributed by atoms with E-state index in [-0.39, 0.29) is 0 Å². The van der Waals surface area contributed by atoms with E-state index in [1.165, 1.54) is 12.8 Å². The van der Waals surface area contributed by atoms with E-state index in [1.807, 2.05) is 6.92 Å². The molecule has 0 heterocycles. The highest BCUT2D eigenvalue weighted by atomic mass is 16.4. The van der Waals surface area contributed by atoms with Crippen LogP contribution in [0.25, 0.3) is 0 Å². The maximum atomic E-state index is 11.2. The zero-order valence-corrected chi connectivity index (χ0v) is 12.5. The van der Waals surface area contributed by atoms with E-state index in [4.69, 9.17) is 0 Å². The number of rotatable bonds is 11. The monoisotopic (exact) mass is 258 g/mol. The Morgan fingerprint density at radius 1 is 1.22 bits per heavy atom. The molecule has 0 aromatic carbocycles. The molecular weight excluding hydrogens is 228 g/mol. The van der Waals surface area contributed by atoms with Gasteiger partial charge in [0, 0.05) is 0 Å². The van der Waals surface area contributed by atoms with Crippen LogP contribution in [-0.4, -0.2) is 48.2 Å². The van der Waals surface area contributed by atoms with E-state index in [9.17, 15) is 9.90 Å². The number of carbonyl (C=O) groups is 1. The highest BCUT2D eigenvalue weighted by Crippen LogP contribution is 2.14. The zero-order valence-electron chi connectivity index (χ0n) is 12.5. The number of hydrogen-bond donors (Lipinski definition) is 2. The van der Waals surface area contributed by atoms with Gasteiger partial charge in [0.15, 0.2) is 0 Å². The maximum Gasteiger partial charge on any atom is 0.323 e. The van der Waals surface area contributed by atoms with Crippen LogP contribution < -0.4 is 5.32 Å². The summed E-state index contributed by atoms with van der Waals surface area (Å²) < 4.78 is 0. The van der Waals surface area contributed by atoms with Gasteiger partial charge in [0.2, 0.25) is 0 Å². The highest BCUT2D eigenvalue weighted by Gasteiger charge is 2.30. The van der Waals surface area contributed by atoms with Crippen molar-refractivity contribution in [2.75, 3.05) is 26.7 Å². The summed E-state index contributed by atoms with van der Waals surface area (Å²) in [5.74, 6) is -0.747. The van der Waals surface area contributed by atoms with Crippen LogP contribution in [0.1, 0.15) is 52.9 Å². The Balaban J connectivity index is 3.83. The third-order valence-electron chi connectivity index (χ3n) is 3.40. The molecule has 108 valence electrons. The molecule has 0 aromatic rings. The summed E-state index contributed by atoms with van der Waals surface area (Å²) in [5.41, 5.74) is -0.767. The van der Waals surface area contributed by atoms with Crippen molar-refractivity contribution in [3.8, 4) is 0 Å². The van der Waals surface area contributed by atoms with Gasteiger partial charge < -0.3 is 15.3 Å². The van der Waals surface area contributed by atoms with Crippen LogP contribution >= 0.6 is 0 Å². The Kier molecular flexibility index (Phi) is 9.02. The molecule has 18 heavy (non-hydrogen) atoms. The van der Waals surface area contributed by atoms with Gasteiger partial charge in [-0.3, -0.25) is 4.79 Å². The molecule has 0 aliphatic heterocycles. The number of aliphatic carboxylic acids is 1. The number of hydrogen-bond acceptors (Lipinski definition) is 3. The van der Waals surface area contributed by atoms with Crippen LogP contribution in [0.3, 0.4) is 0 Å².